The Morgan fingerprint density at radius 1 is 1.25 bits per heavy atom. The van der Waals surface area contributed by atoms with Gasteiger partial charge in [-0.2, -0.15) is 0 Å². The van der Waals surface area contributed by atoms with Gasteiger partial charge in [-0.05, 0) is 53.0 Å². The molecule has 0 atom stereocenters. The van der Waals surface area contributed by atoms with Crippen molar-refractivity contribution in [2.75, 3.05) is 19.8 Å². The number of unbranched alkanes of at least 4 members (excludes halogenated alkanes) is 1. The summed E-state index contributed by atoms with van der Waals surface area (Å²) in [7, 11) is 0. The molecule has 0 unspecified atom stereocenters. The summed E-state index contributed by atoms with van der Waals surface area (Å²) in [5.41, 5.74) is 0. The summed E-state index contributed by atoms with van der Waals surface area (Å²) in [6, 6.07) is 0.697. The van der Waals surface area contributed by atoms with Crippen LogP contribution < -0.4 is 5.32 Å². The first kappa shape index (κ1) is 13.9. The van der Waals surface area contributed by atoms with Crippen molar-refractivity contribution in [2.24, 2.45) is 0 Å². The topological polar surface area (TPSA) is 30.5 Å². The predicted molar refractivity (Wildman–Crippen MR) is 66.8 cm³/mol. The van der Waals surface area contributed by atoms with Gasteiger partial charge in [0.1, 0.15) is 0 Å². The molecule has 0 heterocycles. The van der Waals surface area contributed by atoms with E-state index in [1.54, 1.807) is 0 Å². The van der Waals surface area contributed by atoms with E-state index in [0.717, 1.165) is 26.2 Å². The second kappa shape index (κ2) is 8.04. The van der Waals surface area contributed by atoms with Gasteiger partial charge in [-0.25, -0.2) is 0 Å². The molecule has 1 aliphatic rings. The van der Waals surface area contributed by atoms with E-state index in [9.17, 15) is 0 Å². The van der Waals surface area contributed by atoms with Crippen LogP contribution >= 0.6 is 0 Å². The Hall–Kier alpha value is -0.120. The quantitative estimate of drug-likeness (QED) is 0.616. The van der Waals surface area contributed by atoms with Crippen molar-refractivity contribution < 1.29 is 9.47 Å². The van der Waals surface area contributed by atoms with Crippen LogP contribution in [-0.2, 0) is 9.47 Å². The average Bonchev–Trinajstić information content (AvgIpc) is 2.18. The highest BCUT2D eigenvalue weighted by molar-refractivity contribution is 4.85. The third-order valence-corrected chi connectivity index (χ3v) is 2.95. The largest absolute Gasteiger partial charge is 0.379 e. The molecule has 1 saturated carbocycles. The first-order chi connectivity index (χ1) is 7.72. The molecule has 1 N–H and O–H groups in total. The fourth-order valence-electron chi connectivity index (χ4n) is 1.96. The van der Waals surface area contributed by atoms with E-state index >= 15 is 0 Å². The fraction of sp³-hybridized carbons (Fsp3) is 1.00. The lowest BCUT2D eigenvalue weighted by molar-refractivity contribution is -0.00995. The Bertz CT molecular complexity index is 167. The summed E-state index contributed by atoms with van der Waals surface area (Å²) in [6.45, 7) is 9.09. The maximum atomic E-state index is 5.52. The van der Waals surface area contributed by atoms with Crippen molar-refractivity contribution in [1.82, 2.24) is 5.32 Å². The number of nitrogens with one attached hydrogen (secondary N) is 1. The van der Waals surface area contributed by atoms with Crippen LogP contribution in [0.4, 0.5) is 0 Å². The summed E-state index contributed by atoms with van der Waals surface area (Å²) in [5.74, 6) is 0. The van der Waals surface area contributed by atoms with Crippen molar-refractivity contribution >= 4 is 0 Å². The lowest BCUT2D eigenvalue weighted by Crippen LogP contribution is -2.45. The Labute approximate surface area is 99.9 Å². The first-order valence-electron chi connectivity index (χ1n) is 6.69. The van der Waals surface area contributed by atoms with Gasteiger partial charge in [-0.3, -0.25) is 0 Å². The fourth-order valence-corrected chi connectivity index (χ4v) is 1.96. The molecule has 1 fully saturated rings. The third kappa shape index (κ3) is 5.83. The van der Waals surface area contributed by atoms with Gasteiger partial charge in [0.05, 0.1) is 12.2 Å². The van der Waals surface area contributed by atoms with E-state index in [0.29, 0.717) is 18.2 Å². The molecule has 0 bridgehead atoms. The summed E-state index contributed by atoms with van der Waals surface area (Å²) in [5, 5.41) is 3.56. The molecule has 1 aliphatic carbocycles. The van der Waals surface area contributed by atoms with Crippen LogP contribution in [0.25, 0.3) is 0 Å². The van der Waals surface area contributed by atoms with Crippen LogP contribution in [0.2, 0.25) is 0 Å². The minimum Gasteiger partial charge on any atom is -0.379 e. The molecule has 3 nitrogen and oxygen atoms in total. The molecule has 0 radical (unpaired) electrons. The molecular formula is C13H27NO2. The maximum Gasteiger partial charge on any atom is 0.0604 e. The van der Waals surface area contributed by atoms with Crippen LogP contribution in [0.15, 0.2) is 0 Å². The van der Waals surface area contributed by atoms with E-state index in [-0.39, 0.29) is 0 Å². The minimum absolute atomic E-state index is 0.367. The number of rotatable bonds is 9. The van der Waals surface area contributed by atoms with Crippen molar-refractivity contribution in [3.05, 3.63) is 0 Å². The Morgan fingerprint density at radius 2 is 2.00 bits per heavy atom. The molecule has 1 rings (SSSR count). The zero-order valence-corrected chi connectivity index (χ0v) is 11.0. The van der Waals surface area contributed by atoms with Gasteiger partial charge in [0, 0.05) is 19.3 Å². The standard InChI is InChI=1S/C13H27NO2/c1-4-15-13-9-12(10-13)14-7-5-6-8-16-11(2)3/h11-14H,4-10H2,1-3H3. The molecule has 96 valence electrons. The zero-order chi connectivity index (χ0) is 11.8. The lowest BCUT2D eigenvalue weighted by Gasteiger charge is -2.35. The van der Waals surface area contributed by atoms with Crippen molar-refractivity contribution in [3.63, 3.8) is 0 Å². The van der Waals surface area contributed by atoms with Gasteiger partial charge in [-0.1, -0.05) is 0 Å². The molecule has 0 amide bonds. The highest BCUT2D eigenvalue weighted by atomic mass is 16.5. The zero-order valence-electron chi connectivity index (χ0n) is 11.0. The van der Waals surface area contributed by atoms with Gasteiger partial charge in [-0.15, -0.1) is 0 Å². The van der Waals surface area contributed by atoms with Gasteiger partial charge >= 0.3 is 0 Å². The normalized spacial score (nSPS) is 24.8. The number of hydrogen-bond acceptors (Lipinski definition) is 3. The SMILES string of the molecule is CCOC1CC(NCCCCOC(C)C)C1. The smallest absolute Gasteiger partial charge is 0.0604 e. The van der Waals surface area contributed by atoms with E-state index in [1.165, 1.54) is 19.3 Å². The summed E-state index contributed by atoms with van der Waals surface area (Å²) in [6.07, 6.45) is 5.64. The van der Waals surface area contributed by atoms with E-state index in [4.69, 9.17) is 9.47 Å². The Balaban J connectivity index is 1.79. The molecule has 0 aromatic heterocycles. The van der Waals surface area contributed by atoms with Crippen molar-refractivity contribution in [1.29, 1.82) is 0 Å². The molecule has 16 heavy (non-hydrogen) atoms. The predicted octanol–water partition coefficient (Wildman–Crippen LogP) is 2.35. The summed E-state index contributed by atoms with van der Waals surface area (Å²) in [4.78, 5) is 0. The maximum absolute atomic E-state index is 5.52. The van der Waals surface area contributed by atoms with Gasteiger partial charge in [0.2, 0.25) is 0 Å². The molecule has 0 aliphatic heterocycles. The highest BCUT2D eigenvalue weighted by Gasteiger charge is 2.28. The molecule has 0 aromatic rings. The number of ether oxygens (including phenoxy) is 2. The molecule has 0 saturated heterocycles. The highest BCUT2D eigenvalue weighted by Crippen LogP contribution is 2.22. The van der Waals surface area contributed by atoms with Crippen molar-refractivity contribution in [3.8, 4) is 0 Å². The van der Waals surface area contributed by atoms with Crippen LogP contribution in [0.1, 0.15) is 46.5 Å². The summed E-state index contributed by atoms with van der Waals surface area (Å²) < 4.78 is 11.0. The molecule has 0 spiro atoms. The second-order valence-electron chi connectivity index (χ2n) is 4.83. The van der Waals surface area contributed by atoms with Crippen LogP contribution in [-0.4, -0.2) is 38.0 Å². The average molecular weight is 229 g/mol. The van der Waals surface area contributed by atoms with Gasteiger partial charge < -0.3 is 14.8 Å². The number of hydrogen-bond donors (Lipinski definition) is 1. The van der Waals surface area contributed by atoms with Gasteiger partial charge in [0.25, 0.3) is 0 Å². The minimum atomic E-state index is 0.367. The third-order valence-electron chi connectivity index (χ3n) is 2.95. The van der Waals surface area contributed by atoms with Crippen LogP contribution in [0.5, 0.6) is 0 Å². The van der Waals surface area contributed by atoms with Crippen LogP contribution in [0.3, 0.4) is 0 Å². The first-order valence-corrected chi connectivity index (χ1v) is 6.69. The second-order valence-corrected chi connectivity index (χ2v) is 4.83. The monoisotopic (exact) mass is 229 g/mol. The van der Waals surface area contributed by atoms with Gasteiger partial charge in [0.15, 0.2) is 0 Å². The Kier molecular flexibility index (Phi) is 7.01. The van der Waals surface area contributed by atoms with E-state index < -0.39 is 0 Å². The van der Waals surface area contributed by atoms with E-state index in [2.05, 4.69) is 26.1 Å². The molecular weight excluding hydrogens is 202 g/mol. The van der Waals surface area contributed by atoms with E-state index in [1.807, 2.05) is 0 Å². The summed E-state index contributed by atoms with van der Waals surface area (Å²) >= 11 is 0. The van der Waals surface area contributed by atoms with Crippen LogP contribution in [0, 0.1) is 0 Å². The Morgan fingerprint density at radius 3 is 2.62 bits per heavy atom. The lowest BCUT2D eigenvalue weighted by atomic mass is 9.89. The molecule has 3 heteroatoms. The molecule has 0 aromatic carbocycles. The van der Waals surface area contributed by atoms with Crippen molar-refractivity contribution in [2.45, 2.75) is 64.7 Å².